The predicted molar refractivity (Wildman–Crippen MR) is 76.9 cm³/mol. The lowest BCUT2D eigenvalue weighted by Gasteiger charge is -2.19. The Balaban J connectivity index is 1.89. The van der Waals surface area contributed by atoms with Crippen LogP contribution in [0.1, 0.15) is 39.2 Å². The molecule has 1 N–H and O–H groups in total. The van der Waals surface area contributed by atoms with Crippen LogP contribution < -0.4 is 5.32 Å². The first-order valence-electron chi connectivity index (χ1n) is 6.52. The van der Waals surface area contributed by atoms with E-state index in [1.165, 1.54) is 35.6 Å². The van der Waals surface area contributed by atoms with Crippen LogP contribution in [0.2, 0.25) is 0 Å². The lowest BCUT2D eigenvalue weighted by Crippen LogP contribution is -2.23. The molecule has 1 aliphatic heterocycles. The fourth-order valence-corrected chi connectivity index (χ4v) is 3.15. The van der Waals surface area contributed by atoms with Crippen LogP contribution in [-0.2, 0) is 5.41 Å². The first-order chi connectivity index (χ1) is 8.05. The van der Waals surface area contributed by atoms with Gasteiger partial charge in [0, 0.05) is 16.7 Å². The molecule has 1 heterocycles. The fourth-order valence-electron chi connectivity index (χ4n) is 2.15. The summed E-state index contributed by atoms with van der Waals surface area (Å²) in [7, 11) is 0. The molecule has 17 heavy (non-hydrogen) atoms. The van der Waals surface area contributed by atoms with Crippen LogP contribution in [0.15, 0.2) is 29.2 Å². The van der Waals surface area contributed by atoms with Gasteiger partial charge in [0.25, 0.3) is 0 Å². The zero-order valence-electron chi connectivity index (χ0n) is 11.1. The van der Waals surface area contributed by atoms with Crippen molar-refractivity contribution in [3.63, 3.8) is 0 Å². The summed E-state index contributed by atoms with van der Waals surface area (Å²) in [5.41, 5.74) is 1.68. The molecule has 0 radical (unpaired) electrons. The molecule has 2 heteroatoms. The maximum absolute atomic E-state index is 3.54. The zero-order valence-corrected chi connectivity index (χ0v) is 11.9. The second-order valence-electron chi connectivity index (χ2n) is 5.88. The molecule has 0 spiro atoms. The summed E-state index contributed by atoms with van der Waals surface area (Å²) in [6, 6.07) is 9.79. The molecular formula is C15H23NS. The number of hydrogen-bond donors (Lipinski definition) is 1. The van der Waals surface area contributed by atoms with Gasteiger partial charge in [-0.1, -0.05) is 32.9 Å². The monoisotopic (exact) mass is 249 g/mol. The molecule has 0 unspecified atom stereocenters. The van der Waals surface area contributed by atoms with Crippen molar-refractivity contribution < 1.29 is 0 Å². The molecule has 0 saturated carbocycles. The van der Waals surface area contributed by atoms with Crippen molar-refractivity contribution in [2.75, 3.05) is 12.3 Å². The van der Waals surface area contributed by atoms with E-state index in [-0.39, 0.29) is 5.41 Å². The summed E-state index contributed by atoms with van der Waals surface area (Å²) in [6.07, 6.45) is 2.68. The van der Waals surface area contributed by atoms with Gasteiger partial charge >= 0.3 is 0 Å². The van der Waals surface area contributed by atoms with Gasteiger partial charge in [-0.05, 0) is 42.5 Å². The van der Waals surface area contributed by atoms with Gasteiger partial charge in [-0.15, -0.1) is 11.8 Å². The fraction of sp³-hybridized carbons (Fsp3) is 0.600. The SMILES string of the molecule is CC(C)(C)c1ccc(SC[C@H]2CCCN2)cc1. The average molecular weight is 249 g/mol. The highest BCUT2D eigenvalue weighted by Gasteiger charge is 2.15. The number of benzene rings is 1. The quantitative estimate of drug-likeness (QED) is 0.817. The number of thioether (sulfide) groups is 1. The van der Waals surface area contributed by atoms with E-state index >= 15 is 0 Å². The lowest BCUT2D eigenvalue weighted by atomic mass is 9.87. The minimum Gasteiger partial charge on any atom is -0.313 e. The smallest absolute Gasteiger partial charge is 0.0162 e. The van der Waals surface area contributed by atoms with E-state index in [0.29, 0.717) is 0 Å². The molecule has 0 aliphatic carbocycles. The van der Waals surface area contributed by atoms with Gasteiger partial charge in [0.1, 0.15) is 0 Å². The van der Waals surface area contributed by atoms with Crippen molar-refractivity contribution in [2.45, 2.75) is 50.0 Å². The Bertz CT molecular complexity index is 344. The molecule has 1 saturated heterocycles. The third-order valence-corrected chi connectivity index (χ3v) is 4.51. The van der Waals surface area contributed by atoms with Crippen LogP contribution in [0, 0.1) is 0 Å². The Labute approximate surface area is 109 Å². The third-order valence-electron chi connectivity index (χ3n) is 3.33. The summed E-state index contributed by atoms with van der Waals surface area (Å²) in [5, 5.41) is 3.54. The molecule has 0 amide bonds. The maximum Gasteiger partial charge on any atom is 0.0162 e. The van der Waals surface area contributed by atoms with Crippen molar-refractivity contribution in [2.24, 2.45) is 0 Å². The van der Waals surface area contributed by atoms with Gasteiger partial charge in [-0.25, -0.2) is 0 Å². The van der Waals surface area contributed by atoms with Crippen molar-refractivity contribution in [1.82, 2.24) is 5.32 Å². The summed E-state index contributed by atoms with van der Waals surface area (Å²) < 4.78 is 0. The molecule has 1 fully saturated rings. The van der Waals surface area contributed by atoms with Crippen molar-refractivity contribution in [3.05, 3.63) is 29.8 Å². The number of rotatable bonds is 3. The van der Waals surface area contributed by atoms with Crippen LogP contribution in [0.5, 0.6) is 0 Å². The van der Waals surface area contributed by atoms with Crippen molar-refractivity contribution in [1.29, 1.82) is 0 Å². The minimum atomic E-state index is 0.260. The van der Waals surface area contributed by atoms with Gasteiger partial charge in [0.15, 0.2) is 0 Å². The maximum atomic E-state index is 3.54. The average Bonchev–Trinajstić information content (AvgIpc) is 2.78. The summed E-state index contributed by atoms with van der Waals surface area (Å²) in [6.45, 7) is 7.99. The van der Waals surface area contributed by atoms with Crippen molar-refractivity contribution >= 4 is 11.8 Å². The minimum absolute atomic E-state index is 0.260. The van der Waals surface area contributed by atoms with Crippen LogP contribution in [0.3, 0.4) is 0 Å². The van der Waals surface area contributed by atoms with Crippen LogP contribution in [0.25, 0.3) is 0 Å². The van der Waals surface area contributed by atoms with Crippen LogP contribution >= 0.6 is 11.8 Å². The summed E-state index contributed by atoms with van der Waals surface area (Å²) in [4.78, 5) is 1.40. The Morgan fingerprint density at radius 3 is 2.47 bits per heavy atom. The number of nitrogens with one attached hydrogen (secondary N) is 1. The highest BCUT2D eigenvalue weighted by molar-refractivity contribution is 7.99. The topological polar surface area (TPSA) is 12.0 Å². The highest BCUT2D eigenvalue weighted by Crippen LogP contribution is 2.26. The molecule has 1 aromatic carbocycles. The van der Waals surface area contributed by atoms with E-state index in [1.54, 1.807) is 0 Å². The van der Waals surface area contributed by atoms with Crippen molar-refractivity contribution in [3.8, 4) is 0 Å². The first-order valence-corrected chi connectivity index (χ1v) is 7.51. The van der Waals surface area contributed by atoms with E-state index in [9.17, 15) is 0 Å². The lowest BCUT2D eigenvalue weighted by molar-refractivity contribution is 0.589. The van der Waals surface area contributed by atoms with E-state index < -0.39 is 0 Å². The summed E-state index contributed by atoms with van der Waals surface area (Å²) in [5.74, 6) is 1.20. The van der Waals surface area contributed by atoms with Crippen LogP contribution in [0.4, 0.5) is 0 Å². The Hall–Kier alpha value is -0.470. The molecule has 94 valence electrons. The van der Waals surface area contributed by atoms with Gasteiger partial charge in [-0.3, -0.25) is 0 Å². The van der Waals surface area contributed by atoms with Gasteiger partial charge in [0.2, 0.25) is 0 Å². The molecule has 1 atom stereocenters. The molecule has 0 aromatic heterocycles. The van der Waals surface area contributed by atoms with E-state index in [4.69, 9.17) is 0 Å². The second kappa shape index (κ2) is 5.45. The largest absolute Gasteiger partial charge is 0.313 e. The molecule has 0 bridgehead atoms. The van der Waals surface area contributed by atoms with Crippen LogP contribution in [-0.4, -0.2) is 18.3 Å². The zero-order chi connectivity index (χ0) is 12.3. The van der Waals surface area contributed by atoms with Gasteiger partial charge < -0.3 is 5.32 Å². The third kappa shape index (κ3) is 3.75. The molecule has 1 nitrogen and oxygen atoms in total. The number of hydrogen-bond acceptors (Lipinski definition) is 2. The van der Waals surface area contributed by atoms with Gasteiger partial charge in [-0.2, -0.15) is 0 Å². The Morgan fingerprint density at radius 2 is 1.94 bits per heavy atom. The van der Waals surface area contributed by atoms with E-state index in [1.807, 2.05) is 11.8 Å². The van der Waals surface area contributed by atoms with E-state index in [2.05, 4.69) is 50.4 Å². The Kier molecular flexibility index (Phi) is 4.16. The predicted octanol–water partition coefficient (Wildman–Crippen LogP) is 3.83. The van der Waals surface area contributed by atoms with E-state index in [0.717, 1.165) is 6.04 Å². The molecule has 1 aliphatic rings. The Morgan fingerprint density at radius 1 is 1.24 bits per heavy atom. The van der Waals surface area contributed by atoms with Gasteiger partial charge in [0.05, 0.1) is 0 Å². The molecular weight excluding hydrogens is 226 g/mol. The summed E-state index contributed by atoms with van der Waals surface area (Å²) >= 11 is 1.97. The molecule has 2 rings (SSSR count). The highest BCUT2D eigenvalue weighted by atomic mass is 32.2. The standard InChI is InChI=1S/C15H23NS/c1-15(2,3)12-6-8-14(9-7-12)17-11-13-5-4-10-16-13/h6-9,13,16H,4-5,10-11H2,1-3H3/t13-/m1/s1. The normalized spacial score (nSPS) is 20.8. The second-order valence-corrected chi connectivity index (χ2v) is 6.97. The first kappa shape index (κ1) is 13.0. The molecule has 1 aromatic rings.